The third-order valence-corrected chi connectivity index (χ3v) is 4.45. The smallest absolute Gasteiger partial charge is 0.0327 e. The van der Waals surface area contributed by atoms with Gasteiger partial charge in [-0.2, -0.15) is 0 Å². The molecule has 2 nitrogen and oxygen atoms in total. The van der Waals surface area contributed by atoms with Crippen LogP contribution in [0.1, 0.15) is 24.6 Å². The van der Waals surface area contributed by atoms with Crippen LogP contribution in [0.3, 0.4) is 0 Å². The molecule has 2 atom stereocenters. The quantitative estimate of drug-likeness (QED) is 0.819. The van der Waals surface area contributed by atoms with Crippen LogP contribution in [0.15, 0.2) is 17.5 Å². The normalized spacial score (nSPS) is 24.7. The summed E-state index contributed by atoms with van der Waals surface area (Å²) in [6.45, 7) is 5.59. The molecular weight excluding hydrogens is 216 g/mol. The van der Waals surface area contributed by atoms with Gasteiger partial charge in [0.1, 0.15) is 0 Å². The molecule has 0 aliphatic heterocycles. The van der Waals surface area contributed by atoms with Crippen molar-refractivity contribution in [1.29, 1.82) is 0 Å². The molecule has 1 aliphatic carbocycles. The molecule has 1 aromatic heterocycles. The van der Waals surface area contributed by atoms with Gasteiger partial charge >= 0.3 is 0 Å². The summed E-state index contributed by atoms with van der Waals surface area (Å²) in [7, 11) is 2.27. The molecular formula is C13H22N2S. The molecule has 1 saturated carbocycles. The fourth-order valence-electron chi connectivity index (χ4n) is 2.47. The summed E-state index contributed by atoms with van der Waals surface area (Å²) in [6.07, 6.45) is 2.77. The maximum absolute atomic E-state index is 3.47. The summed E-state index contributed by atoms with van der Waals surface area (Å²) in [4.78, 5) is 4.01. The molecule has 1 fully saturated rings. The predicted octanol–water partition coefficient (Wildman–Crippen LogP) is 2.57. The first-order valence-corrected chi connectivity index (χ1v) is 7.12. The molecule has 16 heavy (non-hydrogen) atoms. The highest BCUT2D eigenvalue weighted by molar-refractivity contribution is 7.09. The molecule has 0 bridgehead atoms. The third-order valence-electron chi connectivity index (χ3n) is 3.59. The summed E-state index contributed by atoms with van der Waals surface area (Å²) in [6, 6.07) is 5.17. The number of hydrogen-bond acceptors (Lipinski definition) is 3. The molecule has 90 valence electrons. The van der Waals surface area contributed by atoms with Crippen molar-refractivity contribution in [2.24, 2.45) is 5.92 Å². The molecule has 1 aliphatic rings. The minimum atomic E-state index is 0.793. The Labute approximate surface area is 103 Å². The monoisotopic (exact) mass is 238 g/mol. The number of hydrogen-bond donors (Lipinski definition) is 1. The number of nitrogens with zero attached hydrogens (tertiary/aromatic N) is 1. The van der Waals surface area contributed by atoms with Crippen LogP contribution in [-0.4, -0.2) is 31.1 Å². The Bertz CT molecular complexity index is 297. The lowest BCUT2D eigenvalue weighted by Gasteiger charge is -2.42. The Morgan fingerprint density at radius 1 is 1.50 bits per heavy atom. The Morgan fingerprint density at radius 3 is 2.94 bits per heavy atom. The van der Waals surface area contributed by atoms with Crippen LogP contribution in [0.25, 0.3) is 0 Å². The van der Waals surface area contributed by atoms with E-state index in [2.05, 4.69) is 41.7 Å². The van der Waals surface area contributed by atoms with Gasteiger partial charge in [0.05, 0.1) is 0 Å². The van der Waals surface area contributed by atoms with Crippen molar-refractivity contribution in [1.82, 2.24) is 10.2 Å². The second-order valence-corrected chi connectivity index (χ2v) is 5.74. The van der Waals surface area contributed by atoms with E-state index in [0.717, 1.165) is 25.0 Å². The first-order chi connectivity index (χ1) is 7.81. The van der Waals surface area contributed by atoms with Gasteiger partial charge in [0.2, 0.25) is 0 Å². The van der Waals surface area contributed by atoms with E-state index >= 15 is 0 Å². The molecule has 2 unspecified atom stereocenters. The van der Waals surface area contributed by atoms with Gasteiger partial charge in [0, 0.05) is 17.5 Å². The van der Waals surface area contributed by atoms with Gasteiger partial charge in [-0.25, -0.2) is 0 Å². The van der Waals surface area contributed by atoms with E-state index in [1.807, 2.05) is 11.3 Å². The standard InChI is InChI=1S/C13H22N2S/c1-3-14-9-11-6-7-13(11)15(2)10-12-5-4-8-16-12/h4-5,8,11,13-14H,3,6-7,9-10H2,1-2H3. The SMILES string of the molecule is CCNCC1CCC1N(C)Cc1cccs1. The van der Waals surface area contributed by atoms with Gasteiger partial charge in [-0.3, -0.25) is 4.90 Å². The number of rotatable bonds is 6. The largest absolute Gasteiger partial charge is 0.317 e. The Kier molecular flexibility index (Phi) is 4.38. The minimum Gasteiger partial charge on any atom is -0.317 e. The minimum absolute atomic E-state index is 0.793. The maximum Gasteiger partial charge on any atom is 0.0327 e. The molecule has 0 radical (unpaired) electrons. The molecule has 1 N–H and O–H groups in total. The molecule has 0 aromatic carbocycles. The lowest BCUT2D eigenvalue weighted by atomic mass is 9.78. The van der Waals surface area contributed by atoms with Crippen LogP contribution in [0, 0.1) is 5.92 Å². The molecule has 1 aromatic rings. The third kappa shape index (κ3) is 2.84. The average Bonchev–Trinajstić information content (AvgIpc) is 2.69. The van der Waals surface area contributed by atoms with Crippen LogP contribution in [0.4, 0.5) is 0 Å². The van der Waals surface area contributed by atoms with E-state index in [9.17, 15) is 0 Å². The zero-order valence-electron chi connectivity index (χ0n) is 10.3. The van der Waals surface area contributed by atoms with E-state index in [4.69, 9.17) is 0 Å². The lowest BCUT2D eigenvalue weighted by molar-refractivity contribution is 0.0792. The Balaban J connectivity index is 1.78. The molecule has 0 saturated heterocycles. The molecule has 0 amide bonds. The van der Waals surface area contributed by atoms with E-state index in [1.165, 1.54) is 24.3 Å². The highest BCUT2D eigenvalue weighted by atomic mass is 32.1. The Morgan fingerprint density at radius 2 is 2.38 bits per heavy atom. The Hall–Kier alpha value is -0.380. The summed E-state index contributed by atoms with van der Waals surface area (Å²) in [5, 5.41) is 5.64. The summed E-state index contributed by atoms with van der Waals surface area (Å²) < 4.78 is 0. The van der Waals surface area contributed by atoms with Crippen LogP contribution in [0.2, 0.25) is 0 Å². The van der Waals surface area contributed by atoms with E-state index in [1.54, 1.807) is 0 Å². The second-order valence-electron chi connectivity index (χ2n) is 4.71. The molecule has 0 spiro atoms. The van der Waals surface area contributed by atoms with Crippen LogP contribution in [-0.2, 0) is 6.54 Å². The second kappa shape index (κ2) is 5.80. The van der Waals surface area contributed by atoms with Crippen molar-refractivity contribution in [3.05, 3.63) is 22.4 Å². The molecule has 2 rings (SSSR count). The van der Waals surface area contributed by atoms with E-state index in [-0.39, 0.29) is 0 Å². The highest BCUT2D eigenvalue weighted by Crippen LogP contribution is 2.32. The van der Waals surface area contributed by atoms with Crippen LogP contribution < -0.4 is 5.32 Å². The van der Waals surface area contributed by atoms with Gasteiger partial charge in [-0.1, -0.05) is 13.0 Å². The van der Waals surface area contributed by atoms with Crippen molar-refractivity contribution in [2.75, 3.05) is 20.1 Å². The number of nitrogens with one attached hydrogen (secondary N) is 1. The first kappa shape index (κ1) is 12.1. The summed E-state index contributed by atoms with van der Waals surface area (Å²) in [5.41, 5.74) is 0. The fourth-order valence-corrected chi connectivity index (χ4v) is 3.23. The van der Waals surface area contributed by atoms with Gasteiger partial charge < -0.3 is 5.32 Å². The van der Waals surface area contributed by atoms with Gasteiger partial charge in [-0.05, 0) is 50.3 Å². The van der Waals surface area contributed by atoms with Crippen molar-refractivity contribution >= 4 is 11.3 Å². The molecule has 3 heteroatoms. The zero-order chi connectivity index (χ0) is 11.4. The highest BCUT2D eigenvalue weighted by Gasteiger charge is 2.33. The van der Waals surface area contributed by atoms with Gasteiger partial charge in [-0.15, -0.1) is 11.3 Å². The first-order valence-electron chi connectivity index (χ1n) is 6.24. The summed E-state index contributed by atoms with van der Waals surface area (Å²) >= 11 is 1.87. The van der Waals surface area contributed by atoms with E-state index < -0.39 is 0 Å². The summed E-state index contributed by atoms with van der Waals surface area (Å²) in [5.74, 6) is 0.866. The van der Waals surface area contributed by atoms with E-state index in [0.29, 0.717) is 0 Å². The zero-order valence-corrected chi connectivity index (χ0v) is 11.1. The van der Waals surface area contributed by atoms with Crippen molar-refractivity contribution in [2.45, 2.75) is 32.4 Å². The van der Waals surface area contributed by atoms with Crippen molar-refractivity contribution in [3.8, 4) is 0 Å². The fraction of sp³-hybridized carbons (Fsp3) is 0.692. The number of thiophene rings is 1. The van der Waals surface area contributed by atoms with Crippen molar-refractivity contribution < 1.29 is 0 Å². The predicted molar refractivity (Wildman–Crippen MR) is 70.8 cm³/mol. The average molecular weight is 238 g/mol. The van der Waals surface area contributed by atoms with Crippen molar-refractivity contribution in [3.63, 3.8) is 0 Å². The van der Waals surface area contributed by atoms with Gasteiger partial charge in [0.25, 0.3) is 0 Å². The topological polar surface area (TPSA) is 15.3 Å². The molecule has 1 heterocycles. The van der Waals surface area contributed by atoms with Crippen LogP contribution in [0.5, 0.6) is 0 Å². The maximum atomic E-state index is 3.47. The van der Waals surface area contributed by atoms with Crippen LogP contribution >= 0.6 is 11.3 Å². The lowest BCUT2D eigenvalue weighted by Crippen LogP contribution is -2.48. The van der Waals surface area contributed by atoms with Gasteiger partial charge in [0.15, 0.2) is 0 Å².